The first-order valence-corrected chi connectivity index (χ1v) is 13.8. The number of carbonyl (C=O) groups is 2. The van der Waals surface area contributed by atoms with E-state index in [1.54, 1.807) is 0 Å². The summed E-state index contributed by atoms with van der Waals surface area (Å²) in [6.07, 6.45) is 5.11. The van der Waals surface area contributed by atoms with Gasteiger partial charge in [0.25, 0.3) is 0 Å². The molecule has 0 radical (unpaired) electrons. The molecule has 0 spiro atoms. The maximum absolute atomic E-state index is 13.4. The van der Waals surface area contributed by atoms with Crippen LogP contribution in [-0.4, -0.2) is 65.8 Å². The minimum Gasteiger partial charge on any atom is -0.339 e. The van der Waals surface area contributed by atoms with Gasteiger partial charge in [-0.1, -0.05) is 51.0 Å². The van der Waals surface area contributed by atoms with Crippen LogP contribution in [-0.2, 0) is 16.0 Å². The predicted octanol–water partition coefficient (Wildman–Crippen LogP) is 4.89. The zero-order valence-electron chi connectivity index (χ0n) is 21.0. The molecule has 34 heavy (non-hydrogen) atoms. The van der Waals surface area contributed by atoms with Gasteiger partial charge in [0.15, 0.2) is 0 Å². The molecule has 0 bridgehead atoms. The third-order valence-electron chi connectivity index (χ3n) is 7.58. The maximum atomic E-state index is 13.4. The summed E-state index contributed by atoms with van der Waals surface area (Å²) in [6, 6.07) is 10.9. The van der Waals surface area contributed by atoms with Crippen molar-refractivity contribution >= 4 is 23.2 Å². The van der Waals surface area contributed by atoms with E-state index in [4.69, 9.17) is 0 Å². The van der Waals surface area contributed by atoms with Crippen molar-refractivity contribution in [2.45, 2.75) is 58.9 Å². The highest BCUT2D eigenvalue weighted by Gasteiger charge is 2.34. The van der Waals surface area contributed by atoms with E-state index in [-0.39, 0.29) is 23.8 Å². The van der Waals surface area contributed by atoms with Crippen molar-refractivity contribution in [2.24, 2.45) is 5.92 Å². The number of hydrogen-bond donors (Lipinski definition) is 0. The SMILES string of the molecule is CCCC[C@@H](CC)C(=O)N1CCN(C(=O)CN2CCc3sccc3[C@H]2c2ccccc2C)CC1. The van der Waals surface area contributed by atoms with Crippen LogP contribution in [0.5, 0.6) is 0 Å². The van der Waals surface area contributed by atoms with E-state index >= 15 is 0 Å². The Morgan fingerprint density at radius 1 is 1.00 bits per heavy atom. The van der Waals surface area contributed by atoms with Crippen LogP contribution < -0.4 is 0 Å². The van der Waals surface area contributed by atoms with E-state index in [0.717, 1.165) is 38.6 Å². The fourth-order valence-electron chi connectivity index (χ4n) is 5.46. The van der Waals surface area contributed by atoms with Crippen molar-refractivity contribution in [3.8, 4) is 0 Å². The molecule has 2 amide bonds. The molecule has 1 fully saturated rings. The van der Waals surface area contributed by atoms with Gasteiger partial charge in [0.1, 0.15) is 0 Å². The lowest BCUT2D eigenvalue weighted by atomic mass is 9.90. The molecule has 2 aliphatic heterocycles. The Hall–Kier alpha value is -2.18. The third-order valence-corrected chi connectivity index (χ3v) is 8.58. The summed E-state index contributed by atoms with van der Waals surface area (Å²) < 4.78 is 0. The van der Waals surface area contributed by atoms with E-state index in [1.165, 1.54) is 21.6 Å². The van der Waals surface area contributed by atoms with Crippen molar-refractivity contribution in [2.75, 3.05) is 39.3 Å². The van der Waals surface area contributed by atoms with Crippen LogP contribution in [0, 0.1) is 12.8 Å². The smallest absolute Gasteiger partial charge is 0.236 e. The number of amides is 2. The van der Waals surface area contributed by atoms with Crippen molar-refractivity contribution < 1.29 is 9.59 Å². The molecule has 0 unspecified atom stereocenters. The van der Waals surface area contributed by atoms with Crippen LogP contribution in [0.25, 0.3) is 0 Å². The standard InChI is InChI=1S/C28H39N3O2S/c1-4-6-10-22(5-2)28(33)30-17-15-29(16-18-30)26(32)20-31-14-12-25-24(13-19-34-25)27(31)23-11-8-7-9-21(23)3/h7-9,11,13,19,22,27H,4-6,10,12,14-18,20H2,1-3H3/t22-,27-/m1/s1. The van der Waals surface area contributed by atoms with Gasteiger partial charge in [-0.05, 0) is 54.3 Å². The highest BCUT2D eigenvalue weighted by molar-refractivity contribution is 7.10. The first-order valence-electron chi connectivity index (χ1n) is 13.0. The number of carbonyl (C=O) groups excluding carboxylic acids is 2. The van der Waals surface area contributed by atoms with Crippen LogP contribution in [0.4, 0.5) is 0 Å². The molecular weight excluding hydrogens is 442 g/mol. The van der Waals surface area contributed by atoms with Crippen LogP contribution in [0.3, 0.4) is 0 Å². The van der Waals surface area contributed by atoms with Crippen molar-refractivity contribution in [1.29, 1.82) is 0 Å². The number of unbranched alkanes of at least 4 members (excludes halogenated alkanes) is 1. The molecule has 4 rings (SSSR count). The number of fused-ring (bicyclic) bond motifs is 1. The molecule has 1 saturated heterocycles. The minimum atomic E-state index is 0.130. The van der Waals surface area contributed by atoms with Gasteiger partial charge in [0, 0.05) is 43.5 Å². The molecule has 2 aliphatic rings. The van der Waals surface area contributed by atoms with Gasteiger partial charge in [-0.25, -0.2) is 0 Å². The molecule has 0 N–H and O–H groups in total. The van der Waals surface area contributed by atoms with Gasteiger partial charge in [-0.2, -0.15) is 0 Å². The Bertz CT molecular complexity index is 980. The quantitative estimate of drug-likeness (QED) is 0.539. The lowest BCUT2D eigenvalue weighted by Crippen LogP contribution is -2.54. The molecule has 1 aromatic carbocycles. The van der Waals surface area contributed by atoms with Gasteiger partial charge >= 0.3 is 0 Å². The summed E-state index contributed by atoms with van der Waals surface area (Å²) in [6.45, 7) is 10.4. The van der Waals surface area contributed by atoms with E-state index in [9.17, 15) is 9.59 Å². The van der Waals surface area contributed by atoms with Crippen molar-refractivity contribution in [3.05, 3.63) is 57.3 Å². The van der Waals surface area contributed by atoms with E-state index in [0.29, 0.717) is 32.7 Å². The fraction of sp³-hybridized carbons (Fsp3) is 0.571. The van der Waals surface area contributed by atoms with Crippen LogP contribution >= 0.6 is 11.3 Å². The molecule has 2 atom stereocenters. The van der Waals surface area contributed by atoms with E-state index < -0.39 is 0 Å². The second-order valence-corrected chi connectivity index (χ2v) is 10.7. The third kappa shape index (κ3) is 5.38. The summed E-state index contributed by atoms with van der Waals surface area (Å²) >= 11 is 1.83. The highest BCUT2D eigenvalue weighted by Crippen LogP contribution is 2.38. The topological polar surface area (TPSA) is 43.9 Å². The number of thiophene rings is 1. The van der Waals surface area contributed by atoms with Crippen LogP contribution in [0.15, 0.2) is 35.7 Å². The minimum absolute atomic E-state index is 0.130. The average molecular weight is 482 g/mol. The zero-order chi connectivity index (χ0) is 24.1. The Morgan fingerprint density at radius 2 is 1.74 bits per heavy atom. The summed E-state index contributed by atoms with van der Waals surface area (Å²) in [4.78, 5) is 34.1. The van der Waals surface area contributed by atoms with Crippen molar-refractivity contribution in [3.63, 3.8) is 0 Å². The monoisotopic (exact) mass is 481 g/mol. The summed E-state index contributed by atoms with van der Waals surface area (Å²) in [5.41, 5.74) is 3.92. The maximum Gasteiger partial charge on any atom is 0.236 e. The largest absolute Gasteiger partial charge is 0.339 e. The molecule has 2 aromatic rings. The number of benzene rings is 1. The molecule has 5 nitrogen and oxygen atoms in total. The second kappa shape index (κ2) is 11.5. The molecule has 0 aliphatic carbocycles. The van der Waals surface area contributed by atoms with Gasteiger partial charge in [-0.3, -0.25) is 14.5 Å². The van der Waals surface area contributed by atoms with E-state index in [1.807, 2.05) is 21.1 Å². The van der Waals surface area contributed by atoms with Gasteiger partial charge < -0.3 is 9.80 Å². The Balaban J connectivity index is 1.40. The Kier molecular flexibility index (Phi) is 8.43. The lowest BCUT2D eigenvalue weighted by Gasteiger charge is -2.40. The molecule has 184 valence electrons. The molecular formula is C28H39N3O2S. The first kappa shape index (κ1) is 24.9. The van der Waals surface area contributed by atoms with Crippen LogP contribution in [0.2, 0.25) is 0 Å². The number of piperazine rings is 1. The zero-order valence-corrected chi connectivity index (χ0v) is 21.8. The van der Waals surface area contributed by atoms with E-state index in [2.05, 4.69) is 61.4 Å². The average Bonchev–Trinajstić information content (AvgIpc) is 3.34. The highest BCUT2D eigenvalue weighted by atomic mass is 32.1. The molecule has 6 heteroatoms. The number of rotatable bonds is 8. The lowest BCUT2D eigenvalue weighted by molar-refractivity contribution is -0.143. The fourth-order valence-corrected chi connectivity index (χ4v) is 6.36. The normalized spacial score (nSPS) is 19.7. The van der Waals surface area contributed by atoms with Gasteiger partial charge in [-0.15, -0.1) is 11.3 Å². The van der Waals surface area contributed by atoms with Gasteiger partial charge in [0.2, 0.25) is 11.8 Å². The van der Waals surface area contributed by atoms with Gasteiger partial charge in [0.05, 0.1) is 12.6 Å². The number of nitrogens with zero attached hydrogens (tertiary/aromatic N) is 3. The van der Waals surface area contributed by atoms with Crippen LogP contribution in [0.1, 0.15) is 67.1 Å². The summed E-state index contributed by atoms with van der Waals surface area (Å²) in [5.74, 6) is 0.594. The number of hydrogen-bond acceptors (Lipinski definition) is 4. The second-order valence-electron chi connectivity index (χ2n) is 9.73. The Labute approximate surface area is 208 Å². The number of aryl methyl sites for hydroxylation is 1. The molecule has 1 aromatic heterocycles. The predicted molar refractivity (Wildman–Crippen MR) is 139 cm³/mol. The Morgan fingerprint density at radius 3 is 2.44 bits per heavy atom. The molecule has 3 heterocycles. The summed E-state index contributed by atoms with van der Waals surface area (Å²) in [5, 5.41) is 2.18. The molecule has 0 saturated carbocycles. The summed E-state index contributed by atoms with van der Waals surface area (Å²) in [7, 11) is 0. The first-order chi connectivity index (χ1) is 16.5. The van der Waals surface area contributed by atoms with Crippen molar-refractivity contribution in [1.82, 2.24) is 14.7 Å².